The third kappa shape index (κ3) is 2.69. The van der Waals surface area contributed by atoms with E-state index in [0.29, 0.717) is 0 Å². The molecule has 1 heterocycles. The number of benzene rings is 1. The minimum absolute atomic E-state index is 0.0467. The fourth-order valence-corrected chi connectivity index (χ4v) is 1.74. The Bertz CT molecular complexity index is 477. The van der Waals surface area contributed by atoms with Crippen molar-refractivity contribution in [2.45, 2.75) is 12.8 Å². The lowest BCUT2D eigenvalue weighted by atomic mass is 10.0. The Hall–Kier alpha value is -2.17. The number of carbonyl (C=O) groups is 1. The van der Waals surface area contributed by atoms with Gasteiger partial charge in [0.25, 0.3) is 5.69 Å². The van der Waals surface area contributed by atoms with Crippen molar-refractivity contribution in [1.29, 1.82) is 0 Å². The Morgan fingerprint density at radius 2 is 2.00 bits per heavy atom. The number of hydrogen-bond acceptors (Lipinski definition) is 3. The predicted molar refractivity (Wildman–Crippen MR) is 63.3 cm³/mol. The SMILES string of the molecule is O=C1NCCC/C1=C/c1ccc([N+](=O)[O-])cc1. The van der Waals surface area contributed by atoms with E-state index in [-0.39, 0.29) is 11.6 Å². The monoisotopic (exact) mass is 232 g/mol. The molecule has 5 nitrogen and oxygen atoms in total. The fraction of sp³-hybridized carbons (Fsp3) is 0.250. The van der Waals surface area contributed by atoms with Gasteiger partial charge >= 0.3 is 0 Å². The van der Waals surface area contributed by atoms with E-state index in [2.05, 4.69) is 5.32 Å². The highest BCUT2D eigenvalue weighted by Gasteiger charge is 2.13. The molecule has 0 unspecified atom stereocenters. The molecular weight excluding hydrogens is 220 g/mol. The highest BCUT2D eigenvalue weighted by Crippen LogP contribution is 2.17. The van der Waals surface area contributed by atoms with Gasteiger partial charge in [0.15, 0.2) is 0 Å². The molecule has 1 fully saturated rings. The molecule has 0 spiro atoms. The average Bonchev–Trinajstić information content (AvgIpc) is 2.33. The highest BCUT2D eigenvalue weighted by molar-refractivity contribution is 5.98. The average molecular weight is 232 g/mol. The van der Waals surface area contributed by atoms with E-state index in [1.54, 1.807) is 18.2 Å². The number of hydrogen-bond donors (Lipinski definition) is 1. The molecule has 2 rings (SSSR count). The third-order valence-corrected chi connectivity index (χ3v) is 2.64. The van der Waals surface area contributed by atoms with E-state index in [1.165, 1.54) is 12.1 Å². The van der Waals surface area contributed by atoms with Crippen LogP contribution >= 0.6 is 0 Å². The molecule has 1 aromatic rings. The first-order valence-corrected chi connectivity index (χ1v) is 5.40. The van der Waals surface area contributed by atoms with Crippen molar-refractivity contribution in [2.24, 2.45) is 0 Å². The van der Waals surface area contributed by atoms with Crippen molar-refractivity contribution < 1.29 is 9.72 Å². The third-order valence-electron chi connectivity index (χ3n) is 2.64. The quantitative estimate of drug-likeness (QED) is 0.480. The number of nitrogens with zero attached hydrogens (tertiary/aromatic N) is 1. The minimum atomic E-state index is -0.440. The molecule has 5 heteroatoms. The number of nitrogens with one attached hydrogen (secondary N) is 1. The molecule has 1 saturated heterocycles. The smallest absolute Gasteiger partial charge is 0.269 e. The van der Waals surface area contributed by atoms with E-state index >= 15 is 0 Å². The van der Waals surface area contributed by atoms with Gasteiger partial charge in [-0.25, -0.2) is 0 Å². The topological polar surface area (TPSA) is 72.2 Å². The first-order chi connectivity index (χ1) is 8.16. The summed E-state index contributed by atoms with van der Waals surface area (Å²) in [5.41, 5.74) is 1.59. The van der Waals surface area contributed by atoms with Crippen molar-refractivity contribution in [3.8, 4) is 0 Å². The fourth-order valence-electron chi connectivity index (χ4n) is 1.74. The van der Waals surface area contributed by atoms with Crippen LogP contribution in [0.4, 0.5) is 5.69 Å². The Balaban J connectivity index is 2.20. The largest absolute Gasteiger partial charge is 0.352 e. The summed E-state index contributed by atoms with van der Waals surface area (Å²) in [7, 11) is 0. The van der Waals surface area contributed by atoms with Crippen LogP contribution in [-0.4, -0.2) is 17.4 Å². The van der Waals surface area contributed by atoms with Crippen LogP contribution in [0.25, 0.3) is 6.08 Å². The Kier molecular flexibility index (Phi) is 3.18. The number of piperidine rings is 1. The molecule has 1 amide bonds. The maximum absolute atomic E-state index is 11.5. The number of non-ortho nitro benzene ring substituents is 1. The number of nitro benzene ring substituents is 1. The number of carbonyl (C=O) groups excluding carboxylic acids is 1. The second-order valence-electron chi connectivity index (χ2n) is 3.88. The van der Waals surface area contributed by atoms with Crippen molar-refractivity contribution >= 4 is 17.7 Å². The van der Waals surface area contributed by atoms with E-state index in [1.807, 2.05) is 0 Å². The van der Waals surface area contributed by atoms with Crippen LogP contribution < -0.4 is 5.32 Å². The Morgan fingerprint density at radius 1 is 1.29 bits per heavy atom. The molecule has 1 aromatic carbocycles. The number of amides is 1. The summed E-state index contributed by atoms with van der Waals surface area (Å²) in [5.74, 6) is -0.0467. The van der Waals surface area contributed by atoms with Gasteiger partial charge in [0.1, 0.15) is 0 Å². The molecule has 1 aliphatic heterocycles. The first-order valence-electron chi connectivity index (χ1n) is 5.40. The molecule has 88 valence electrons. The summed E-state index contributed by atoms with van der Waals surface area (Å²) in [6.07, 6.45) is 3.46. The van der Waals surface area contributed by atoms with Gasteiger partial charge in [-0.2, -0.15) is 0 Å². The van der Waals surface area contributed by atoms with Crippen molar-refractivity contribution in [2.75, 3.05) is 6.54 Å². The van der Waals surface area contributed by atoms with E-state index < -0.39 is 4.92 Å². The lowest BCUT2D eigenvalue weighted by Crippen LogP contribution is -2.30. The molecule has 1 N–H and O–H groups in total. The first kappa shape index (κ1) is 11.3. The second-order valence-corrected chi connectivity index (χ2v) is 3.88. The lowest BCUT2D eigenvalue weighted by molar-refractivity contribution is -0.384. The van der Waals surface area contributed by atoms with Crippen LogP contribution in [0.5, 0.6) is 0 Å². The molecule has 0 aromatic heterocycles. The van der Waals surface area contributed by atoms with Crippen molar-refractivity contribution in [3.05, 3.63) is 45.5 Å². The minimum Gasteiger partial charge on any atom is -0.352 e. The lowest BCUT2D eigenvalue weighted by Gasteiger charge is -2.14. The van der Waals surface area contributed by atoms with Gasteiger partial charge in [-0.1, -0.05) is 0 Å². The van der Waals surface area contributed by atoms with Gasteiger partial charge in [0, 0.05) is 24.3 Å². The normalized spacial score (nSPS) is 17.9. The molecule has 0 saturated carbocycles. The van der Waals surface area contributed by atoms with E-state index in [4.69, 9.17) is 0 Å². The maximum Gasteiger partial charge on any atom is 0.269 e. The van der Waals surface area contributed by atoms with Gasteiger partial charge in [-0.05, 0) is 36.6 Å². The van der Waals surface area contributed by atoms with Gasteiger partial charge in [0.2, 0.25) is 5.91 Å². The van der Waals surface area contributed by atoms with Crippen LogP contribution in [0.2, 0.25) is 0 Å². The molecular formula is C12H12N2O3. The summed E-state index contributed by atoms with van der Waals surface area (Å²) in [6.45, 7) is 0.719. The summed E-state index contributed by atoms with van der Waals surface area (Å²) < 4.78 is 0. The summed E-state index contributed by atoms with van der Waals surface area (Å²) in [5, 5.41) is 13.2. The summed E-state index contributed by atoms with van der Waals surface area (Å²) in [4.78, 5) is 21.5. The van der Waals surface area contributed by atoms with Gasteiger partial charge < -0.3 is 5.32 Å². The second kappa shape index (κ2) is 4.78. The van der Waals surface area contributed by atoms with E-state index in [0.717, 1.165) is 30.5 Å². The van der Waals surface area contributed by atoms with Gasteiger partial charge in [-0.15, -0.1) is 0 Å². The van der Waals surface area contributed by atoms with Crippen molar-refractivity contribution in [1.82, 2.24) is 5.32 Å². The molecule has 0 aliphatic carbocycles. The summed E-state index contributed by atoms with van der Waals surface area (Å²) >= 11 is 0. The van der Waals surface area contributed by atoms with Crippen molar-refractivity contribution in [3.63, 3.8) is 0 Å². The molecule has 0 atom stereocenters. The zero-order valence-electron chi connectivity index (χ0n) is 9.18. The Labute approximate surface area is 98.3 Å². The number of rotatable bonds is 2. The standard InChI is InChI=1S/C12H12N2O3/c15-12-10(2-1-7-13-12)8-9-3-5-11(6-4-9)14(16)17/h3-6,8H,1-2,7H2,(H,13,15)/b10-8-. The Morgan fingerprint density at radius 3 is 2.59 bits per heavy atom. The molecule has 0 bridgehead atoms. The van der Waals surface area contributed by atoms with E-state index in [9.17, 15) is 14.9 Å². The van der Waals surface area contributed by atoms with Crippen LogP contribution in [0.1, 0.15) is 18.4 Å². The zero-order valence-corrected chi connectivity index (χ0v) is 9.18. The molecule has 0 radical (unpaired) electrons. The highest BCUT2D eigenvalue weighted by atomic mass is 16.6. The number of nitro groups is 1. The predicted octanol–water partition coefficient (Wildman–Crippen LogP) is 1.89. The van der Waals surface area contributed by atoms with Crippen LogP contribution in [0.3, 0.4) is 0 Å². The zero-order chi connectivity index (χ0) is 12.3. The van der Waals surface area contributed by atoms with Crippen LogP contribution in [0.15, 0.2) is 29.8 Å². The molecule has 1 aliphatic rings. The summed E-state index contributed by atoms with van der Waals surface area (Å²) in [6, 6.07) is 6.17. The van der Waals surface area contributed by atoms with Crippen LogP contribution in [0, 0.1) is 10.1 Å². The molecule has 17 heavy (non-hydrogen) atoms. The van der Waals surface area contributed by atoms with Gasteiger partial charge in [-0.3, -0.25) is 14.9 Å². The van der Waals surface area contributed by atoms with Gasteiger partial charge in [0.05, 0.1) is 4.92 Å². The maximum atomic E-state index is 11.5. The van der Waals surface area contributed by atoms with Crippen LogP contribution in [-0.2, 0) is 4.79 Å².